The minimum atomic E-state index is -0.417. The Labute approximate surface area is 147 Å². The fourth-order valence-electron chi connectivity index (χ4n) is 2.19. The molecule has 0 bridgehead atoms. The van der Waals surface area contributed by atoms with Gasteiger partial charge in [-0.3, -0.25) is 4.79 Å². The van der Waals surface area contributed by atoms with Crippen molar-refractivity contribution in [2.45, 2.75) is 4.21 Å². The minimum Gasteiger partial charge on any atom is -0.465 e. The number of pyridine rings is 1. The number of nitrogens with zero attached hydrogens (tertiary/aromatic N) is 1. The fourth-order valence-corrected chi connectivity index (χ4v) is 3.89. The standard InChI is InChI=1S/C17H14N2O3S2/c1-22-16(21)14-9-13(17(23-2)24-14)19-15(20)12-8-7-10-5-3-4-6-11(10)18-12/h3-9H,1-2H3,(H,19,20). The van der Waals surface area contributed by atoms with Gasteiger partial charge in [0.1, 0.15) is 10.6 Å². The summed E-state index contributed by atoms with van der Waals surface area (Å²) in [6, 6.07) is 12.8. The number of hydrogen-bond acceptors (Lipinski definition) is 6. The largest absolute Gasteiger partial charge is 0.465 e. The van der Waals surface area contributed by atoms with Crippen LogP contribution in [0, 0.1) is 0 Å². The molecule has 0 atom stereocenters. The second kappa shape index (κ2) is 7.02. The van der Waals surface area contributed by atoms with Crippen molar-refractivity contribution in [1.29, 1.82) is 0 Å². The van der Waals surface area contributed by atoms with Crippen molar-refractivity contribution < 1.29 is 14.3 Å². The van der Waals surface area contributed by atoms with Crippen LogP contribution in [0.15, 0.2) is 46.7 Å². The first-order chi connectivity index (χ1) is 11.6. The third kappa shape index (κ3) is 3.27. The molecule has 3 rings (SSSR count). The zero-order valence-corrected chi connectivity index (χ0v) is 14.7. The molecule has 0 radical (unpaired) electrons. The van der Waals surface area contributed by atoms with E-state index in [1.807, 2.05) is 36.6 Å². The monoisotopic (exact) mass is 358 g/mol. The number of methoxy groups -OCH3 is 1. The minimum absolute atomic E-state index is 0.315. The number of fused-ring (bicyclic) bond motifs is 1. The number of rotatable bonds is 4. The van der Waals surface area contributed by atoms with E-state index in [9.17, 15) is 9.59 Å². The molecule has 24 heavy (non-hydrogen) atoms. The Bertz CT molecular complexity index is 921. The summed E-state index contributed by atoms with van der Waals surface area (Å²) < 4.78 is 5.56. The summed E-state index contributed by atoms with van der Waals surface area (Å²) in [4.78, 5) is 29.0. The van der Waals surface area contributed by atoms with E-state index in [0.717, 1.165) is 15.1 Å². The van der Waals surface area contributed by atoms with Crippen molar-refractivity contribution in [2.75, 3.05) is 18.7 Å². The molecule has 3 aromatic rings. The number of benzene rings is 1. The predicted octanol–water partition coefficient (Wildman–Crippen LogP) is 4.06. The Morgan fingerprint density at radius 1 is 1.21 bits per heavy atom. The molecule has 2 heterocycles. The van der Waals surface area contributed by atoms with E-state index in [1.165, 1.54) is 30.2 Å². The molecule has 5 nitrogen and oxygen atoms in total. The molecule has 0 saturated heterocycles. The summed E-state index contributed by atoms with van der Waals surface area (Å²) in [6.45, 7) is 0. The van der Waals surface area contributed by atoms with Crippen molar-refractivity contribution in [3.8, 4) is 0 Å². The summed E-state index contributed by atoms with van der Waals surface area (Å²) in [5.74, 6) is -0.732. The number of carbonyl (C=O) groups is 2. The molecular formula is C17H14N2O3S2. The van der Waals surface area contributed by atoms with E-state index < -0.39 is 5.97 Å². The second-order valence-electron chi connectivity index (χ2n) is 4.85. The summed E-state index contributed by atoms with van der Waals surface area (Å²) in [5.41, 5.74) is 1.68. The van der Waals surface area contributed by atoms with Crippen molar-refractivity contribution in [1.82, 2.24) is 4.98 Å². The van der Waals surface area contributed by atoms with E-state index in [2.05, 4.69) is 10.3 Å². The van der Waals surface area contributed by atoms with E-state index >= 15 is 0 Å². The Kier molecular flexibility index (Phi) is 4.82. The maximum absolute atomic E-state index is 12.5. The van der Waals surface area contributed by atoms with E-state index in [4.69, 9.17) is 4.74 Å². The summed E-state index contributed by atoms with van der Waals surface area (Å²) >= 11 is 2.74. The van der Waals surface area contributed by atoms with Crippen molar-refractivity contribution in [3.05, 3.63) is 53.0 Å². The lowest BCUT2D eigenvalue weighted by molar-refractivity contribution is 0.0606. The van der Waals surface area contributed by atoms with Gasteiger partial charge in [-0.25, -0.2) is 9.78 Å². The van der Waals surface area contributed by atoms with Gasteiger partial charge < -0.3 is 10.1 Å². The van der Waals surface area contributed by atoms with Gasteiger partial charge in [-0.2, -0.15) is 0 Å². The van der Waals surface area contributed by atoms with Crippen LogP contribution in [0.3, 0.4) is 0 Å². The van der Waals surface area contributed by atoms with Crippen molar-refractivity contribution in [3.63, 3.8) is 0 Å². The molecule has 1 N–H and O–H groups in total. The molecule has 2 aromatic heterocycles. The van der Waals surface area contributed by atoms with E-state index in [-0.39, 0.29) is 5.91 Å². The van der Waals surface area contributed by atoms with E-state index in [0.29, 0.717) is 16.3 Å². The second-order valence-corrected chi connectivity index (χ2v) is 6.98. The van der Waals surface area contributed by atoms with Gasteiger partial charge in [-0.15, -0.1) is 23.1 Å². The lowest BCUT2D eigenvalue weighted by Gasteiger charge is -2.05. The third-order valence-corrected chi connectivity index (χ3v) is 5.60. The lowest BCUT2D eigenvalue weighted by atomic mass is 10.2. The third-order valence-electron chi connectivity index (χ3n) is 3.35. The summed E-state index contributed by atoms with van der Waals surface area (Å²) in [7, 11) is 1.33. The quantitative estimate of drug-likeness (QED) is 0.563. The average Bonchev–Trinajstić information content (AvgIpc) is 3.03. The molecule has 122 valence electrons. The lowest BCUT2D eigenvalue weighted by Crippen LogP contribution is -2.13. The van der Waals surface area contributed by atoms with Gasteiger partial charge in [0.2, 0.25) is 0 Å². The van der Waals surface area contributed by atoms with Crippen LogP contribution in [0.25, 0.3) is 10.9 Å². The highest BCUT2D eigenvalue weighted by atomic mass is 32.2. The van der Waals surface area contributed by atoms with Crippen LogP contribution < -0.4 is 5.32 Å². The number of anilines is 1. The van der Waals surface area contributed by atoms with Crippen LogP contribution in [0.2, 0.25) is 0 Å². The summed E-state index contributed by atoms with van der Waals surface area (Å²) in [6.07, 6.45) is 1.89. The van der Waals surface area contributed by atoms with E-state index in [1.54, 1.807) is 12.1 Å². The number of amides is 1. The molecular weight excluding hydrogens is 344 g/mol. The number of thioether (sulfide) groups is 1. The zero-order chi connectivity index (χ0) is 17.1. The Hall–Kier alpha value is -2.38. The molecule has 1 aromatic carbocycles. The van der Waals surface area contributed by atoms with Crippen LogP contribution in [0.5, 0.6) is 0 Å². The van der Waals surface area contributed by atoms with Crippen LogP contribution in [-0.4, -0.2) is 30.2 Å². The SMILES string of the molecule is COC(=O)c1cc(NC(=O)c2ccc3ccccc3n2)c(SC)s1. The first kappa shape index (κ1) is 16.5. The van der Waals surface area contributed by atoms with Crippen LogP contribution >= 0.6 is 23.1 Å². The molecule has 0 aliphatic carbocycles. The molecule has 0 aliphatic heterocycles. The normalized spacial score (nSPS) is 10.6. The Morgan fingerprint density at radius 3 is 2.75 bits per heavy atom. The highest BCUT2D eigenvalue weighted by Gasteiger charge is 2.17. The Morgan fingerprint density at radius 2 is 2.00 bits per heavy atom. The molecule has 0 spiro atoms. The molecule has 1 amide bonds. The van der Waals surface area contributed by atoms with Gasteiger partial charge in [-0.05, 0) is 24.5 Å². The molecule has 0 saturated carbocycles. The van der Waals surface area contributed by atoms with Gasteiger partial charge in [0, 0.05) is 5.39 Å². The van der Waals surface area contributed by atoms with Crippen LogP contribution in [0.1, 0.15) is 20.2 Å². The molecule has 0 fully saturated rings. The average molecular weight is 358 g/mol. The smallest absolute Gasteiger partial charge is 0.348 e. The number of para-hydroxylation sites is 1. The van der Waals surface area contributed by atoms with Gasteiger partial charge in [-0.1, -0.05) is 24.3 Å². The maximum atomic E-state index is 12.5. The van der Waals surface area contributed by atoms with Crippen molar-refractivity contribution >= 4 is 51.6 Å². The highest BCUT2D eigenvalue weighted by molar-refractivity contribution is 8.00. The molecule has 7 heteroatoms. The number of carbonyl (C=O) groups excluding carboxylic acids is 2. The Balaban J connectivity index is 1.88. The van der Waals surface area contributed by atoms with Crippen LogP contribution in [0.4, 0.5) is 5.69 Å². The number of hydrogen-bond donors (Lipinski definition) is 1. The number of ether oxygens (including phenoxy) is 1. The molecule has 0 unspecified atom stereocenters. The number of aromatic nitrogens is 1. The van der Waals surface area contributed by atoms with Gasteiger partial charge in [0.15, 0.2) is 0 Å². The first-order valence-corrected chi connectivity index (χ1v) is 9.10. The van der Waals surface area contributed by atoms with Gasteiger partial charge in [0.25, 0.3) is 5.91 Å². The predicted molar refractivity (Wildman–Crippen MR) is 97.1 cm³/mol. The first-order valence-electron chi connectivity index (χ1n) is 7.05. The molecule has 0 aliphatic rings. The topological polar surface area (TPSA) is 68.3 Å². The number of thiophene rings is 1. The van der Waals surface area contributed by atoms with Gasteiger partial charge >= 0.3 is 5.97 Å². The number of esters is 1. The van der Waals surface area contributed by atoms with Gasteiger partial charge in [0.05, 0.1) is 22.5 Å². The highest BCUT2D eigenvalue weighted by Crippen LogP contribution is 2.35. The summed E-state index contributed by atoms with van der Waals surface area (Å²) in [5, 5.41) is 3.80. The zero-order valence-electron chi connectivity index (χ0n) is 13.0. The maximum Gasteiger partial charge on any atom is 0.348 e. The van der Waals surface area contributed by atoms with Crippen LogP contribution in [-0.2, 0) is 4.74 Å². The number of nitrogens with one attached hydrogen (secondary N) is 1. The fraction of sp³-hybridized carbons (Fsp3) is 0.118. The van der Waals surface area contributed by atoms with Crippen molar-refractivity contribution in [2.24, 2.45) is 0 Å².